The van der Waals surface area contributed by atoms with Crippen molar-refractivity contribution in [2.45, 2.75) is 6.92 Å². The molecule has 11 heteroatoms. The molecule has 3 amide bonds. The highest BCUT2D eigenvalue weighted by Crippen LogP contribution is 2.28. The van der Waals surface area contributed by atoms with Crippen LogP contribution in [0.3, 0.4) is 0 Å². The first-order valence-corrected chi connectivity index (χ1v) is 8.83. The van der Waals surface area contributed by atoms with Crippen molar-refractivity contribution in [2.75, 3.05) is 5.32 Å². The molecule has 2 aromatic carbocycles. The summed E-state index contributed by atoms with van der Waals surface area (Å²) in [6.45, 7) is 1.69. The number of carbonyl (C=O) groups is 2. The standard InChI is InChI=1S/C19H14ClN5O5/c1-11-14(6-4-8-16(11)30-19-21-9-12(20)10-22-19)23-18(27)24-17(26)13-5-2-3-7-15(13)25(28)29/h2-10H,1H3,(H2,23,24,26,27). The number of benzene rings is 2. The number of nitrogens with one attached hydrogen (secondary N) is 2. The van der Waals surface area contributed by atoms with E-state index in [0.717, 1.165) is 0 Å². The number of nitro benzene ring substituents is 1. The second-order valence-electron chi connectivity index (χ2n) is 5.90. The van der Waals surface area contributed by atoms with Gasteiger partial charge in [0.25, 0.3) is 11.6 Å². The van der Waals surface area contributed by atoms with Gasteiger partial charge in [0.15, 0.2) is 0 Å². The fourth-order valence-corrected chi connectivity index (χ4v) is 2.56. The van der Waals surface area contributed by atoms with E-state index in [1.54, 1.807) is 25.1 Å². The summed E-state index contributed by atoms with van der Waals surface area (Å²) >= 11 is 5.74. The van der Waals surface area contributed by atoms with E-state index in [9.17, 15) is 19.7 Å². The number of rotatable bonds is 5. The minimum absolute atomic E-state index is 0.0654. The molecule has 0 atom stereocenters. The lowest BCUT2D eigenvalue weighted by atomic mass is 10.1. The zero-order chi connectivity index (χ0) is 21.7. The van der Waals surface area contributed by atoms with Gasteiger partial charge in [-0.25, -0.2) is 14.8 Å². The summed E-state index contributed by atoms with van der Waals surface area (Å²) in [7, 11) is 0. The summed E-state index contributed by atoms with van der Waals surface area (Å²) in [5, 5.41) is 16.0. The fraction of sp³-hybridized carbons (Fsp3) is 0.0526. The molecule has 0 aliphatic rings. The van der Waals surface area contributed by atoms with Crippen LogP contribution in [-0.2, 0) is 0 Å². The molecule has 0 saturated carbocycles. The van der Waals surface area contributed by atoms with Crippen LogP contribution in [0.1, 0.15) is 15.9 Å². The Balaban J connectivity index is 1.72. The third-order valence-electron chi connectivity index (χ3n) is 3.90. The molecule has 0 spiro atoms. The molecule has 30 heavy (non-hydrogen) atoms. The van der Waals surface area contributed by atoms with E-state index in [2.05, 4.69) is 20.6 Å². The number of amides is 3. The van der Waals surface area contributed by atoms with Crippen molar-refractivity contribution in [3.63, 3.8) is 0 Å². The van der Waals surface area contributed by atoms with Crippen molar-refractivity contribution in [1.82, 2.24) is 15.3 Å². The van der Waals surface area contributed by atoms with Crippen molar-refractivity contribution >= 4 is 34.9 Å². The maximum atomic E-state index is 12.3. The lowest BCUT2D eigenvalue weighted by molar-refractivity contribution is -0.385. The molecule has 152 valence electrons. The number of carbonyl (C=O) groups excluding carboxylic acids is 2. The second-order valence-corrected chi connectivity index (χ2v) is 6.33. The lowest BCUT2D eigenvalue weighted by Gasteiger charge is -2.13. The summed E-state index contributed by atoms with van der Waals surface area (Å²) in [5.41, 5.74) is 0.266. The predicted octanol–water partition coefficient (Wildman–Crippen LogP) is 4.10. The topological polar surface area (TPSA) is 136 Å². The van der Waals surface area contributed by atoms with E-state index in [1.165, 1.54) is 36.7 Å². The average molecular weight is 428 g/mol. The number of hydrogen-bond acceptors (Lipinski definition) is 7. The van der Waals surface area contributed by atoms with Crippen LogP contribution in [0.4, 0.5) is 16.2 Å². The van der Waals surface area contributed by atoms with E-state index < -0.39 is 22.5 Å². The molecule has 0 aliphatic heterocycles. The summed E-state index contributed by atoms with van der Waals surface area (Å²) in [6.07, 6.45) is 2.76. The molecule has 1 aromatic heterocycles. The van der Waals surface area contributed by atoms with Gasteiger partial charge in [0, 0.05) is 17.3 Å². The minimum atomic E-state index is -0.903. The van der Waals surface area contributed by atoms with Gasteiger partial charge in [-0.15, -0.1) is 0 Å². The number of para-hydroxylation sites is 1. The number of imide groups is 1. The van der Waals surface area contributed by atoms with E-state index in [-0.39, 0.29) is 11.6 Å². The zero-order valence-electron chi connectivity index (χ0n) is 15.5. The molecule has 0 bridgehead atoms. The molecule has 2 N–H and O–H groups in total. The summed E-state index contributed by atoms with van der Waals surface area (Å²) < 4.78 is 5.58. The van der Waals surface area contributed by atoms with Crippen LogP contribution in [0.25, 0.3) is 0 Å². The summed E-state index contributed by atoms with van der Waals surface area (Å²) in [6, 6.07) is 9.39. The average Bonchev–Trinajstić information content (AvgIpc) is 2.72. The number of hydrogen-bond donors (Lipinski definition) is 2. The quantitative estimate of drug-likeness (QED) is 0.462. The Morgan fingerprint density at radius 1 is 1.10 bits per heavy atom. The van der Waals surface area contributed by atoms with Gasteiger partial charge >= 0.3 is 12.0 Å². The number of anilines is 1. The van der Waals surface area contributed by atoms with Crippen LogP contribution in [0.2, 0.25) is 5.02 Å². The van der Waals surface area contributed by atoms with Crippen LogP contribution < -0.4 is 15.4 Å². The van der Waals surface area contributed by atoms with Crippen LogP contribution >= 0.6 is 11.6 Å². The van der Waals surface area contributed by atoms with Crippen molar-refractivity contribution in [3.8, 4) is 11.8 Å². The Morgan fingerprint density at radius 3 is 2.50 bits per heavy atom. The molecule has 0 radical (unpaired) electrons. The molecule has 0 aliphatic carbocycles. The van der Waals surface area contributed by atoms with Gasteiger partial charge in [-0.1, -0.05) is 29.8 Å². The molecule has 1 heterocycles. The van der Waals surface area contributed by atoms with E-state index in [0.29, 0.717) is 22.0 Å². The highest BCUT2D eigenvalue weighted by molar-refractivity contribution is 6.30. The van der Waals surface area contributed by atoms with Crippen molar-refractivity contribution in [3.05, 3.63) is 81.1 Å². The predicted molar refractivity (Wildman–Crippen MR) is 108 cm³/mol. The van der Waals surface area contributed by atoms with Crippen molar-refractivity contribution < 1.29 is 19.2 Å². The Kier molecular flexibility index (Phi) is 6.18. The zero-order valence-corrected chi connectivity index (χ0v) is 16.2. The first-order valence-electron chi connectivity index (χ1n) is 8.46. The number of nitrogens with zero attached hydrogens (tertiary/aromatic N) is 3. The second kappa shape index (κ2) is 8.97. The molecule has 10 nitrogen and oxygen atoms in total. The van der Waals surface area contributed by atoms with Gasteiger partial charge < -0.3 is 10.1 Å². The molecule has 3 aromatic rings. The van der Waals surface area contributed by atoms with Crippen LogP contribution in [0.5, 0.6) is 11.8 Å². The number of aromatic nitrogens is 2. The largest absolute Gasteiger partial charge is 0.424 e. The van der Waals surface area contributed by atoms with Gasteiger partial charge in [0.2, 0.25) is 0 Å². The molecular formula is C19H14ClN5O5. The third kappa shape index (κ3) is 4.86. The third-order valence-corrected chi connectivity index (χ3v) is 4.10. The van der Waals surface area contributed by atoms with Gasteiger partial charge in [-0.2, -0.15) is 0 Å². The number of nitro groups is 1. The number of urea groups is 1. The maximum Gasteiger partial charge on any atom is 0.326 e. The van der Waals surface area contributed by atoms with E-state index in [4.69, 9.17) is 16.3 Å². The van der Waals surface area contributed by atoms with E-state index >= 15 is 0 Å². The molecule has 0 unspecified atom stereocenters. The Bertz CT molecular complexity index is 1120. The van der Waals surface area contributed by atoms with Gasteiger partial charge in [0.05, 0.1) is 22.3 Å². The van der Waals surface area contributed by atoms with Gasteiger partial charge in [0.1, 0.15) is 11.3 Å². The van der Waals surface area contributed by atoms with Crippen LogP contribution in [0, 0.1) is 17.0 Å². The highest BCUT2D eigenvalue weighted by Gasteiger charge is 2.21. The number of ether oxygens (including phenoxy) is 1. The molecule has 3 rings (SSSR count). The van der Waals surface area contributed by atoms with Gasteiger partial charge in [-0.05, 0) is 25.1 Å². The minimum Gasteiger partial charge on any atom is -0.424 e. The molecule has 0 fully saturated rings. The lowest BCUT2D eigenvalue weighted by Crippen LogP contribution is -2.34. The van der Waals surface area contributed by atoms with Crippen LogP contribution in [-0.4, -0.2) is 26.8 Å². The normalized spacial score (nSPS) is 10.2. The summed E-state index contributed by atoms with van der Waals surface area (Å²) in [4.78, 5) is 42.7. The maximum absolute atomic E-state index is 12.3. The number of halogens is 1. The highest BCUT2D eigenvalue weighted by atomic mass is 35.5. The summed E-state index contributed by atoms with van der Waals surface area (Å²) in [5.74, 6) is -0.528. The molecular weight excluding hydrogens is 414 g/mol. The first kappa shape index (κ1) is 20.7. The Morgan fingerprint density at radius 2 is 1.80 bits per heavy atom. The van der Waals surface area contributed by atoms with Crippen LogP contribution in [0.15, 0.2) is 54.9 Å². The molecule has 0 saturated heterocycles. The monoisotopic (exact) mass is 427 g/mol. The van der Waals surface area contributed by atoms with Crippen molar-refractivity contribution in [1.29, 1.82) is 0 Å². The Hall–Kier alpha value is -4.05. The Labute approximate surface area is 175 Å². The first-order chi connectivity index (χ1) is 14.3. The van der Waals surface area contributed by atoms with Crippen molar-refractivity contribution in [2.24, 2.45) is 0 Å². The van der Waals surface area contributed by atoms with Gasteiger partial charge in [-0.3, -0.25) is 20.2 Å². The van der Waals surface area contributed by atoms with E-state index in [1.807, 2.05) is 0 Å². The fourth-order valence-electron chi connectivity index (χ4n) is 2.46. The smallest absolute Gasteiger partial charge is 0.326 e. The SMILES string of the molecule is Cc1c(NC(=O)NC(=O)c2ccccc2[N+](=O)[O-])cccc1Oc1ncc(Cl)cn1.